The van der Waals surface area contributed by atoms with Crippen molar-refractivity contribution in [3.05, 3.63) is 89.5 Å². The van der Waals surface area contributed by atoms with Gasteiger partial charge in [-0.25, -0.2) is 4.39 Å². The lowest BCUT2D eigenvalue weighted by atomic mass is 10.2. The van der Waals surface area contributed by atoms with Gasteiger partial charge in [0, 0.05) is 28.8 Å². The number of hydrogen-bond acceptors (Lipinski definition) is 2. The largest absolute Gasteiger partial charge is 0.332 e. The van der Waals surface area contributed by atoms with Crippen LogP contribution in [0, 0.1) is 5.82 Å². The third-order valence-corrected chi connectivity index (χ3v) is 4.08. The molecule has 25 heavy (non-hydrogen) atoms. The van der Waals surface area contributed by atoms with Crippen LogP contribution in [0.4, 0.5) is 15.8 Å². The van der Waals surface area contributed by atoms with Crippen LogP contribution >= 0.6 is 23.8 Å². The van der Waals surface area contributed by atoms with Gasteiger partial charge in [-0.05, 0) is 66.3 Å². The van der Waals surface area contributed by atoms with E-state index in [9.17, 15) is 4.39 Å². The fourth-order valence-electron chi connectivity index (χ4n) is 2.33. The highest BCUT2D eigenvalue weighted by atomic mass is 35.5. The molecular weight excluding hydrogens is 357 g/mol. The van der Waals surface area contributed by atoms with E-state index in [1.54, 1.807) is 36.7 Å². The van der Waals surface area contributed by atoms with Crippen molar-refractivity contribution in [2.45, 2.75) is 6.54 Å². The zero-order valence-electron chi connectivity index (χ0n) is 13.2. The van der Waals surface area contributed by atoms with E-state index in [-0.39, 0.29) is 5.82 Å². The molecule has 0 atom stereocenters. The highest BCUT2D eigenvalue weighted by molar-refractivity contribution is 7.80. The Kier molecular flexibility index (Phi) is 5.58. The normalized spacial score (nSPS) is 10.3. The van der Waals surface area contributed by atoms with Gasteiger partial charge in [-0.3, -0.25) is 4.98 Å². The number of pyridine rings is 1. The summed E-state index contributed by atoms with van der Waals surface area (Å²) in [5.74, 6) is -0.293. The number of hydrogen-bond donors (Lipinski definition) is 1. The molecule has 1 aromatic heterocycles. The summed E-state index contributed by atoms with van der Waals surface area (Å²) in [5, 5.41) is 4.28. The smallest absolute Gasteiger partial charge is 0.178 e. The van der Waals surface area contributed by atoms with Crippen LogP contribution in [-0.4, -0.2) is 10.1 Å². The van der Waals surface area contributed by atoms with Gasteiger partial charge in [-0.15, -0.1) is 0 Å². The number of nitrogens with zero attached hydrogens (tertiary/aromatic N) is 2. The predicted octanol–water partition coefficient (Wildman–Crippen LogP) is 5.28. The lowest BCUT2D eigenvalue weighted by Crippen LogP contribution is -2.34. The molecule has 6 heteroatoms. The molecule has 0 bridgehead atoms. The number of halogens is 2. The molecule has 1 N–H and O–H groups in total. The van der Waals surface area contributed by atoms with Gasteiger partial charge in [0.2, 0.25) is 0 Å². The van der Waals surface area contributed by atoms with Crippen molar-refractivity contribution in [1.82, 2.24) is 4.98 Å². The Morgan fingerprint density at radius 3 is 2.60 bits per heavy atom. The Morgan fingerprint density at radius 1 is 1.12 bits per heavy atom. The third-order valence-electron chi connectivity index (χ3n) is 3.52. The monoisotopic (exact) mass is 371 g/mol. The summed E-state index contributed by atoms with van der Waals surface area (Å²) >= 11 is 11.6. The van der Waals surface area contributed by atoms with E-state index in [0.717, 1.165) is 16.9 Å². The van der Waals surface area contributed by atoms with Crippen molar-refractivity contribution in [2.24, 2.45) is 0 Å². The number of anilines is 2. The number of thiocarbonyl (C=S) groups is 1. The fraction of sp³-hybridized carbons (Fsp3) is 0.0526. The summed E-state index contributed by atoms with van der Waals surface area (Å²) in [6.07, 6.45) is 3.49. The Bertz CT molecular complexity index is 856. The third kappa shape index (κ3) is 4.75. The van der Waals surface area contributed by atoms with Crippen molar-refractivity contribution >= 4 is 40.3 Å². The van der Waals surface area contributed by atoms with Gasteiger partial charge in [0.15, 0.2) is 5.11 Å². The lowest BCUT2D eigenvalue weighted by Gasteiger charge is -2.26. The Labute approximate surface area is 156 Å². The van der Waals surface area contributed by atoms with Crippen LogP contribution in [0.15, 0.2) is 73.1 Å². The van der Waals surface area contributed by atoms with Crippen LogP contribution in [0.25, 0.3) is 0 Å². The summed E-state index contributed by atoms with van der Waals surface area (Å²) < 4.78 is 13.3. The van der Waals surface area contributed by atoms with Crippen molar-refractivity contribution in [2.75, 3.05) is 10.2 Å². The number of nitrogens with one attached hydrogen (secondary N) is 1. The van der Waals surface area contributed by atoms with E-state index >= 15 is 0 Å². The first-order chi connectivity index (χ1) is 12.1. The molecule has 0 amide bonds. The van der Waals surface area contributed by atoms with Gasteiger partial charge in [0.05, 0.1) is 6.54 Å². The van der Waals surface area contributed by atoms with Gasteiger partial charge < -0.3 is 10.2 Å². The minimum atomic E-state index is -0.293. The lowest BCUT2D eigenvalue weighted by molar-refractivity contribution is 0.628. The zero-order chi connectivity index (χ0) is 17.6. The van der Waals surface area contributed by atoms with Crippen molar-refractivity contribution in [3.63, 3.8) is 0 Å². The fourth-order valence-corrected chi connectivity index (χ4v) is 2.81. The van der Waals surface area contributed by atoms with Crippen LogP contribution in [0.1, 0.15) is 5.56 Å². The topological polar surface area (TPSA) is 28.2 Å². The average molecular weight is 372 g/mol. The molecule has 0 aliphatic rings. The van der Waals surface area contributed by atoms with E-state index in [1.165, 1.54) is 12.1 Å². The maximum Gasteiger partial charge on any atom is 0.178 e. The predicted molar refractivity (Wildman–Crippen MR) is 104 cm³/mol. The molecule has 2 aromatic carbocycles. The van der Waals surface area contributed by atoms with E-state index in [2.05, 4.69) is 10.3 Å². The Morgan fingerprint density at radius 2 is 1.92 bits per heavy atom. The first kappa shape index (κ1) is 17.3. The summed E-state index contributed by atoms with van der Waals surface area (Å²) in [6, 6.07) is 17.3. The quantitative estimate of drug-likeness (QED) is 0.632. The second-order valence-electron chi connectivity index (χ2n) is 5.36. The van der Waals surface area contributed by atoms with Crippen molar-refractivity contribution in [3.8, 4) is 0 Å². The second kappa shape index (κ2) is 8.05. The van der Waals surface area contributed by atoms with E-state index in [1.807, 2.05) is 29.2 Å². The highest BCUT2D eigenvalue weighted by Crippen LogP contribution is 2.21. The van der Waals surface area contributed by atoms with Crippen LogP contribution in [0.2, 0.25) is 5.02 Å². The molecule has 0 spiro atoms. The summed E-state index contributed by atoms with van der Waals surface area (Å²) in [7, 11) is 0. The maximum atomic E-state index is 13.3. The summed E-state index contributed by atoms with van der Waals surface area (Å²) in [4.78, 5) is 6.01. The average Bonchev–Trinajstić information content (AvgIpc) is 2.61. The summed E-state index contributed by atoms with van der Waals surface area (Å²) in [6.45, 7) is 0.506. The zero-order valence-corrected chi connectivity index (χ0v) is 14.8. The van der Waals surface area contributed by atoms with Gasteiger partial charge in [0.1, 0.15) is 5.82 Å². The van der Waals surface area contributed by atoms with E-state index in [0.29, 0.717) is 16.7 Å². The molecule has 3 nitrogen and oxygen atoms in total. The van der Waals surface area contributed by atoms with Gasteiger partial charge in [0.25, 0.3) is 0 Å². The molecule has 0 aliphatic carbocycles. The first-order valence-electron chi connectivity index (χ1n) is 7.60. The van der Waals surface area contributed by atoms with Crippen molar-refractivity contribution in [1.29, 1.82) is 0 Å². The molecule has 3 rings (SSSR count). The molecule has 3 aromatic rings. The minimum Gasteiger partial charge on any atom is -0.332 e. The molecule has 1 heterocycles. The van der Waals surface area contributed by atoms with Crippen LogP contribution in [0.5, 0.6) is 0 Å². The maximum absolute atomic E-state index is 13.3. The van der Waals surface area contributed by atoms with Crippen molar-refractivity contribution < 1.29 is 4.39 Å². The molecule has 0 radical (unpaired) electrons. The van der Waals surface area contributed by atoms with E-state index < -0.39 is 0 Å². The SMILES string of the molecule is Fc1ccc(N(Cc2cccnc2)C(=S)Nc2cccc(Cl)c2)cc1. The Balaban J connectivity index is 1.87. The van der Waals surface area contributed by atoms with Gasteiger partial charge in [-0.2, -0.15) is 0 Å². The molecule has 0 saturated carbocycles. The van der Waals surface area contributed by atoms with Crippen LogP contribution in [-0.2, 0) is 6.54 Å². The number of rotatable bonds is 4. The minimum absolute atomic E-state index is 0.293. The van der Waals surface area contributed by atoms with Crippen LogP contribution in [0.3, 0.4) is 0 Å². The summed E-state index contributed by atoms with van der Waals surface area (Å²) in [5.41, 5.74) is 2.56. The Hall–Kier alpha value is -2.50. The molecule has 0 saturated heterocycles. The first-order valence-corrected chi connectivity index (χ1v) is 8.39. The molecule has 0 fully saturated rings. The standard InChI is InChI=1S/C19H15ClFN3S/c20-15-4-1-5-17(11-15)23-19(25)24(13-14-3-2-10-22-12-14)18-8-6-16(21)7-9-18/h1-12H,13H2,(H,23,25). The van der Waals surface area contributed by atoms with Gasteiger partial charge >= 0.3 is 0 Å². The van der Waals surface area contributed by atoms with Crippen LogP contribution < -0.4 is 10.2 Å². The molecule has 0 aliphatic heterocycles. The molecule has 126 valence electrons. The molecular formula is C19H15ClFN3S. The molecule has 0 unspecified atom stereocenters. The van der Waals surface area contributed by atoms with Gasteiger partial charge in [-0.1, -0.05) is 23.7 Å². The second-order valence-corrected chi connectivity index (χ2v) is 6.19. The number of aromatic nitrogens is 1. The highest BCUT2D eigenvalue weighted by Gasteiger charge is 2.14. The number of benzene rings is 2. The van der Waals surface area contributed by atoms with E-state index in [4.69, 9.17) is 23.8 Å².